The molecule has 11 heteroatoms. The van der Waals surface area contributed by atoms with Gasteiger partial charge in [0.2, 0.25) is 11.8 Å². The van der Waals surface area contributed by atoms with E-state index in [-0.39, 0.29) is 57.2 Å². The Bertz CT molecular complexity index is 1550. The number of hydrogen-bond acceptors (Lipinski definition) is 6. The fourth-order valence-electron chi connectivity index (χ4n) is 4.98. The molecule has 0 bridgehead atoms. The Kier molecular flexibility index (Phi) is 7.42. The average Bonchev–Trinajstić information content (AvgIpc) is 3.34. The second kappa shape index (κ2) is 10.8. The maximum absolute atomic E-state index is 13.8. The van der Waals surface area contributed by atoms with Crippen molar-refractivity contribution < 1.29 is 22.8 Å². The lowest BCUT2D eigenvalue weighted by molar-refractivity contribution is -0.119. The minimum Gasteiger partial charge on any atom is -0.353 e. The summed E-state index contributed by atoms with van der Waals surface area (Å²) in [5.41, 5.74) is 1.16. The summed E-state index contributed by atoms with van der Waals surface area (Å²) in [6, 6.07) is 16.4. The smallest absolute Gasteiger partial charge is 0.264 e. The number of anilines is 2. The number of fused-ring (bicyclic) bond motifs is 1. The van der Waals surface area contributed by atoms with Gasteiger partial charge in [-0.2, -0.15) is 0 Å². The van der Waals surface area contributed by atoms with Crippen LogP contribution in [0.1, 0.15) is 48.2 Å². The molecule has 39 heavy (non-hydrogen) atoms. The van der Waals surface area contributed by atoms with E-state index in [1.165, 1.54) is 30.5 Å². The maximum atomic E-state index is 13.8. The zero-order chi connectivity index (χ0) is 27.7. The molecule has 3 heterocycles. The summed E-state index contributed by atoms with van der Waals surface area (Å²) in [6.07, 6.45) is 2.60. The lowest BCUT2D eigenvalue weighted by atomic mass is 9.89. The number of carbonyl (C=O) groups is 3. The summed E-state index contributed by atoms with van der Waals surface area (Å²) in [5, 5.41) is 5.90. The van der Waals surface area contributed by atoms with Gasteiger partial charge in [0.1, 0.15) is 5.69 Å². The molecular weight excluding hydrogens is 540 g/mol. The molecule has 2 unspecified atom stereocenters. The molecular formula is C28H27ClN4O5S. The van der Waals surface area contributed by atoms with Crippen LogP contribution in [-0.4, -0.2) is 43.6 Å². The number of nitrogens with zero attached hydrogens (tertiary/aromatic N) is 2. The van der Waals surface area contributed by atoms with E-state index in [1.807, 2.05) is 30.3 Å². The van der Waals surface area contributed by atoms with Crippen LogP contribution >= 0.6 is 11.6 Å². The van der Waals surface area contributed by atoms with Gasteiger partial charge in [0.25, 0.3) is 10.0 Å². The van der Waals surface area contributed by atoms with Crippen LogP contribution in [0.4, 0.5) is 11.4 Å². The number of pyridine rings is 1. The van der Waals surface area contributed by atoms with E-state index in [0.29, 0.717) is 19.3 Å². The van der Waals surface area contributed by atoms with Gasteiger partial charge in [-0.05, 0) is 49.6 Å². The Morgan fingerprint density at radius 1 is 1.15 bits per heavy atom. The van der Waals surface area contributed by atoms with Gasteiger partial charge in [0, 0.05) is 29.9 Å². The number of benzene rings is 2. The molecule has 2 aliphatic heterocycles. The Labute approximate surface area is 231 Å². The molecule has 1 fully saturated rings. The van der Waals surface area contributed by atoms with Gasteiger partial charge in [-0.3, -0.25) is 18.7 Å². The number of sulfonamides is 1. The van der Waals surface area contributed by atoms with E-state index < -0.39 is 21.9 Å². The Morgan fingerprint density at radius 3 is 2.62 bits per heavy atom. The minimum atomic E-state index is -4.15. The zero-order valence-electron chi connectivity index (χ0n) is 21.1. The lowest BCUT2D eigenvalue weighted by Gasteiger charge is -2.34. The highest BCUT2D eigenvalue weighted by molar-refractivity contribution is 7.92. The molecule has 0 saturated carbocycles. The highest BCUT2D eigenvalue weighted by Crippen LogP contribution is 2.37. The Morgan fingerprint density at radius 2 is 1.92 bits per heavy atom. The number of amides is 2. The van der Waals surface area contributed by atoms with Crippen molar-refractivity contribution >= 4 is 50.6 Å². The Hall–Kier alpha value is -3.76. The largest absolute Gasteiger partial charge is 0.353 e. The van der Waals surface area contributed by atoms with Crippen molar-refractivity contribution in [2.45, 2.75) is 43.0 Å². The van der Waals surface area contributed by atoms with Gasteiger partial charge in [0.05, 0.1) is 28.4 Å². The van der Waals surface area contributed by atoms with Crippen LogP contribution in [0.25, 0.3) is 0 Å². The van der Waals surface area contributed by atoms with Gasteiger partial charge < -0.3 is 10.6 Å². The number of rotatable bonds is 7. The van der Waals surface area contributed by atoms with Crippen molar-refractivity contribution in [2.24, 2.45) is 5.92 Å². The summed E-state index contributed by atoms with van der Waals surface area (Å²) >= 11 is 6.09. The molecule has 202 valence electrons. The molecule has 2 aromatic carbocycles. The molecule has 1 aromatic heterocycles. The average molecular weight is 567 g/mol. The normalized spacial score (nSPS) is 19.8. The van der Waals surface area contributed by atoms with Gasteiger partial charge in [-0.25, -0.2) is 13.4 Å². The number of carbonyl (C=O) groups excluding carboxylic acids is 3. The highest BCUT2D eigenvalue weighted by atomic mass is 35.5. The van der Waals surface area contributed by atoms with Crippen molar-refractivity contribution in [3.05, 3.63) is 83.1 Å². The van der Waals surface area contributed by atoms with E-state index in [1.54, 1.807) is 13.0 Å². The molecule has 2 N–H and O–H groups in total. The molecule has 2 amide bonds. The lowest BCUT2D eigenvalue weighted by Crippen LogP contribution is -2.45. The van der Waals surface area contributed by atoms with E-state index in [4.69, 9.17) is 11.6 Å². The third-order valence-electron chi connectivity index (χ3n) is 7.13. The summed E-state index contributed by atoms with van der Waals surface area (Å²) in [4.78, 5) is 42.4. The maximum Gasteiger partial charge on any atom is 0.264 e. The number of Topliss-reactive ketones (excluding diaryl/α,β-unsaturated/α-hetero) is 1. The molecule has 2 aliphatic rings. The zero-order valence-corrected chi connectivity index (χ0v) is 22.7. The fourth-order valence-corrected chi connectivity index (χ4v) is 6.79. The molecule has 0 spiro atoms. The van der Waals surface area contributed by atoms with Crippen molar-refractivity contribution in [2.75, 3.05) is 16.2 Å². The van der Waals surface area contributed by atoms with Gasteiger partial charge >= 0.3 is 0 Å². The number of aromatic nitrogens is 1. The van der Waals surface area contributed by atoms with Gasteiger partial charge in [-0.15, -0.1) is 0 Å². The van der Waals surface area contributed by atoms with Crippen LogP contribution < -0.4 is 14.9 Å². The van der Waals surface area contributed by atoms with Gasteiger partial charge in [0.15, 0.2) is 5.78 Å². The predicted octanol–water partition coefficient (Wildman–Crippen LogP) is 4.15. The van der Waals surface area contributed by atoms with Crippen LogP contribution in [0.5, 0.6) is 0 Å². The van der Waals surface area contributed by atoms with Crippen molar-refractivity contribution in [3.8, 4) is 0 Å². The SMILES string of the molecule is C[C@H](C(=O)Nc1cnc2c(c1)N(S(=O)(=O)c1cccc(Cl)c1)CC(CC1CCC(=O)N1)C2=O)c1ccccc1. The standard InChI is InChI=1S/C28H27ClN4O5S/c1-17(18-6-3-2-4-7-18)28(36)32-22-14-24-26(30-15-22)27(35)19(12-21-10-11-25(34)31-21)16-33(24)39(37,38)23-9-5-8-20(29)13-23/h2-9,13-15,17,19,21H,10-12,16H2,1H3,(H,31,34)(H,32,36)/t17-,19?,21?/m0/s1. The van der Waals surface area contributed by atoms with Crippen LogP contribution in [-0.2, 0) is 19.6 Å². The van der Waals surface area contributed by atoms with Crippen LogP contribution in [0, 0.1) is 5.92 Å². The molecule has 1 saturated heterocycles. The molecule has 0 aliphatic carbocycles. The van der Waals surface area contributed by atoms with E-state index in [0.717, 1.165) is 9.87 Å². The van der Waals surface area contributed by atoms with Gasteiger partial charge in [-0.1, -0.05) is 48.0 Å². The summed E-state index contributed by atoms with van der Waals surface area (Å²) in [6.45, 7) is 1.63. The third-order valence-corrected chi connectivity index (χ3v) is 9.14. The monoisotopic (exact) mass is 566 g/mol. The quantitative estimate of drug-likeness (QED) is 0.442. The third kappa shape index (κ3) is 5.53. The second-order valence-electron chi connectivity index (χ2n) is 9.81. The van der Waals surface area contributed by atoms with Crippen LogP contribution in [0.2, 0.25) is 5.02 Å². The first-order valence-electron chi connectivity index (χ1n) is 12.6. The first kappa shape index (κ1) is 26.8. The second-order valence-corrected chi connectivity index (χ2v) is 12.1. The predicted molar refractivity (Wildman–Crippen MR) is 147 cm³/mol. The first-order valence-corrected chi connectivity index (χ1v) is 14.4. The molecule has 5 rings (SSSR count). The highest BCUT2D eigenvalue weighted by Gasteiger charge is 2.41. The molecule has 9 nitrogen and oxygen atoms in total. The van der Waals surface area contributed by atoms with Crippen LogP contribution in [0.3, 0.4) is 0 Å². The van der Waals surface area contributed by atoms with E-state index in [2.05, 4.69) is 15.6 Å². The summed E-state index contributed by atoms with van der Waals surface area (Å²) < 4.78 is 28.8. The van der Waals surface area contributed by atoms with Crippen molar-refractivity contribution in [1.82, 2.24) is 10.3 Å². The summed E-state index contributed by atoms with van der Waals surface area (Å²) in [7, 11) is -4.15. The summed E-state index contributed by atoms with van der Waals surface area (Å²) in [5.74, 6) is -1.87. The first-order chi connectivity index (χ1) is 18.6. The van der Waals surface area contributed by atoms with Crippen molar-refractivity contribution in [3.63, 3.8) is 0 Å². The fraction of sp³-hybridized carbons (Fsp3) is 0.286. The number of hydrogen-bond donors (Lipinski definition) is 2. The van der Waals surface area contributed by atoms with Crippen molar-refractivity contribution in [1.29, 1.82) is 0 Å². The minimum absolute atomic E-state index is 0.00437. The number of nitrogens with one attached hydrogen (secondary N) is 2. The number of ketones is 1. The van der Waals surface area contributed by atoms with E-state index in [9.17, 15) is 22.8 Å². The Balaban J connectivity index is 1.50. The topological polar surface area (TPSA) is 126 Å². The number of halogens is 1. The van der Waals surface area contributed by atoms with E-state index >= 15 is 0 Å². The molecule has 3 atom stereocenters. The molecule has 3 aromatic rings. The van der Waals surface area contributed by atoms with Crippen LogP contribution in [0.15, 0.2) is 71.8 Å². The molecule has 0 radical (unpaired) electrons.